The van der Waals surface area contributed by atoms with Crippen LogP contribution in [0.15, 0.2) is 17.0 Å². The molecule has 0 heterocycles. The summed E-state index contributed by atoms with van der Waals surface area (Å²) in [5, 5.41) is 15.2. The molecular weight excluding hydrogens is 307 g/mol. The Balaban J connectivity index is 3.28. The van der Waals surface area contributed by atoms with Crippen molar-refractivity contribution in [1.29, 1.82) is 0 Å². The van der Waals surface area contributed by atoms with E-state index in [1.54, 1.807) is 0 Å². The second-order valence-electron chi connectivity index (χ2n) is 3.81. The minimum Gasteiger partial charge on any atom is -0.387 e. The Bertz CT molecular complexity index is 676. The largest absolute Gasteiger partial charge is 0.387 e. The van der Waals surface area contributed by atoms with E-state index in [2.05, 4.69) is 10.6 Å². The highest BCUT2D eigenvalue weighted by Crippen LogP contribution is 2.29. The summed E-state index contributed by atoms with van der Waals surface area (Å²) < 4.78 is 39.8. The maximum absolute atomic E-state index is 13.9. The lowest BCUT2D eigenvalue weighted by Crippen LogP contribution is -2.35. The van der Waals surface area contributed by atoms with Gasteiger partial charge in [-0.2, -0.15) is 0 Å². The number of nitro benzene ring substituents is 1. The van der Waals surface area contributed by atoms with Gasteiger partial charge >= 0.3 is 0 Å². The van der Waals surface area contributed by atoms with Gasteiger partial charge in [0.05, 0.1) is 23.2 Å². The van der Waals surface area contributed by atoms with E-state index in [0.29, 0.717) is 6.07 Å². The van der Waals surface area contributed by atoms with Crippen LogP contribution in [0.1, 0.15) is 0 Å². The van der Waals surface area contributed by atoms with Gasteiger partial charge in [0.25, 0.3) is 5.69 Å². The van der Waals surface area contributed by atoms with E-state index < -0.39 is 43.8 Å². The summed E-state index contributed by atoms with van der Waals surface area (Å²) in [6, 6.07) is 1.38. The quantitative estimate of drug-likeness (QED) is 0.491. The van der Waals surface area contributed by atoms with Crippen LogP contribution in [0.25, 0.3) is 0 Å². The zero-order valence-corrected chi connectivity index (χ0v) is 12.0. The Morgan fingerprint density at radius 1 is 1.38 bits per heavy atom. The van der Waals surface area contributed by atoms with Gasteiger partial charge in [0.2, 0.25) is 15.9 Å². The molecule has 0 saturated heterocycles. The fraction of sp³-hybridized carbons (Fsp3) is 0.300. The predicted molar refractivity (Wildman–Crippen MR) is 71.9 cm³/mol. The van der Waals surface area contributed by atoms with Gasteiger partial charge in [-0.3, -0.25) is 14.9 Å². The fourth-order valence-corrected chi connectivity index (χ4v) is 2.70. The maximum atomic E-state index is 13.9. The first-order valence-electron chi connectivity index (χ1n) is 5.59. The number of hydrogen-bond donors (Lipinski definition) is 3. The summed E-state index contributed by atoms with van der Waals surface area (Å²) in [7, 11) is -1.76. The molecule has 0 radical (unpaired) electrons. The zero-order chi connectivity index (χ0) is 16.2. The van der Waals surface area contributed by atoms with E-state index in [0.717, 1.165) is 6.07 Å². The summed E-state index contributed by atoms with van der Waals surface area (Å²) in [5.74, 6) is -1.91. The number of halogens is 1. The summed E-state index contributed by atoms with van der Waals surface area (Å²) >= 11 is 0. The minimum absolute atomic E-state index is 0.286. The number of carbonyl (C=O) groups excluding carboxylic acids is 1. The van der Waals surface area contributed by atoms with E-state index in [4.69, 9.17) is 0 Å². The molecule has 116 valence electrons. The number of carbonyl (C=O) groups is 1. The average molecular weight is 320 g/mol. The van der Waals surface area contributed by atoms with Gasteiger partial charge in [0.1, 0.15) is 4.90 Å². The van der Waals surface area contributed by atoms with Gasteiger partial charge in [-0.15, -0.1) is 0 Å². The van der Waals surface area contributed by atoms with Crippen LogP contribution in [0.3, 0.4) is 0 Å². The van der Waals surface area contributed by atoms with Crippen molar-refractivity contribution in [1.82, 2.24) is 10.0 Å². The highest BCUT2D eigenvalue weighted by molar-refractivity contribution is 7.89. The molecule has 0 aliphatic carbocycles. The first kappa shape index (κ1) is 16.8. The molecule has 11 heteroatoms. The van der Waals surface area contributed by atoms with Crippen LogP contribution in [0.2, 0.25) is 0 Å². The third-order valence-corrected chi connectivity index (χ3v) is 3.96. The highest BCUT2D eigenvalue weighted by atomic mass is 32.2. The molecule has 0 fully saturated rings. The van der Waals surface area contributed by atoms with Crippen LogP contribution in [0.5, 0.6) is 0 Å². The summed E-state index contributed by atoms with van der Waals surface area (Å²) in [5.41, 5.74) is -0.881. The first-order valence-corrected chi connectivity index (χ1v) is 7.07. The standard InChI is InChI=1S/C10H13FN4O5S/c1-12-8-4-6(15(17)18)3-7(11)10(8)21(19,20)14-5-9(16)13-2/h3-4,12,14H,5H2,1-2H3,(H,13,16). The molecule has 1 aromatic rings. The van der Waals surface area contributed by atoms with Gasteiger partial charge in [0.15, 0.2) is 5.82 Å². The molecule has 0 unspecified atom stereocenters. The van der Waals surface area contributed by atoms with Gasteiger partial charge in [-0.25, -0.2) is 17.5 Å². The van der Waals surface area contributed by atoms with Crippen molar-refractivity contribution in [2.45, 2.75) is 4.90 Å². The topological polar surface area (TPSA) is 130 Å². The van der Waals surface area contributed by atoms with E-state index in [9.17, 15) is 27.7 Å². The van der Waals surface area contributed by atoms with Crippen molar-refractivity contribution in [3.8, 4) is 0 Å². The average Bonchev–Trinajstić information content (AvgIpc) is 2.43. The van der Waals surface area contributed by atoms with Crippen LogP contribution >= 0.6 is 0 Å². The SMILES string of the molecule is CNC(=O)CNS(=O)(=O)c1c(F)cc([N+](=O)[O-])cc1NC. The van der Waals surface area contributed by atoms with Crippen molar-refractivity contribution >= 4 is 27.3 Å². The third-order valence-electron chi connectivity index (χ3n) is 2.48. The molecule has 21 heavy (non-hydrogen) atoms. The molecule has 1 amide bonds. The number of nitrogens with one attached hydrogen (secondary N) is 3. The van der Waals surface area contributed by atoms with Crippen molar-refractivity contribution in [3.05, 3.63) is 28.1 Å². The summed E-state index contributed by atoms with van der Waals surface area (Å²) in [6.07, 6.45) is 0. The van der Waals surface area contributed by atoms with Crippen LogP contribution in [0, 0.1) is 15.9 Å². The van der Waals surface area contributed by atoms with Crippen LogP contribution in [-0.2, 0) is 14.8 Å². The Labute approximate surface area is 119 Å². The van der Waals surface area contributed by atoms with Crippen LogP contribution in [0.4, 0.5) is 15.8 Å². The lowest BCUT2D eigenvalue weighted by atomic mass is 10.2. The molecule has 1 rings (SSSR count). The van der Waals surface area contributed by atoms with E-state index >= 15 is 0 Å². The second-order valence-corrected chi connectivity index (χ2v) is 5.51. The molecule has 3 N–H and O–H groups in total. The van der Waals surface area contributed by atoms with Gasteiger partial charge in [0, 0.05) is 20.2 Å². The Hall–Kier alpha value is -2.27. The zero-order valence-electron chi connectivity index (χ0n) is 11.1. The summed E-state index contributed by atoms with van der Waals surface area (Å²) in [6.45, 7) is -0.585. The smallest absolute Gasteiger partial charge is 0.274 e. The normalized spacial score (nSPS) is 11.0. The van der Waals surface area contributed by atoms with Crippen molar-refractivity contribution in [2.75, 3.05) is 26.0 Å². The minimum atomic E-state index is -4.35. The van der Waals surface area contributed by atoms with Crippen LogP contribution < -0.4 is 15.4 Å². The number of sulfonamides is 1. The van der Waals surface area contributed by atoms with E-state index in [1.807, 2.05) is 4.72 Å². The lowest BCUT2D eigenvalue weighted by molar-refractivity contribution is -0.385. The van der Waals surface area contributed by atoms with Gasteiger partial charge in [-0.1, -0.05) is 0 Å². The number of nitro groups is 1. The molecule has 9 nitrogen and oxygen atoms in total. The molecule has 0 bridgehead atoms. The lowest BCUT2D eigenvalue weighted by Gasteiger charge is -2.11. The number of anilines is 1. The molecule has 0 atom stereocenters. The molecular formula is C10H13FN4O5S. The number of benzene rings is 1. The Morgan fingerprint density at radius 2 is 2.00 bits per heavy atom. The van der Waals surface area contributed by atoms with E-state index in [1.165, 1.54) is 14.1 Å². The molecule has 0 aromatic heterocycles. The molecule has 0 saturated carbocycles. The predicted octanol–water partition coefficient (Wildman–Crippen LogP) is -0.200. The van der Waals surface area contributed by atoms with Gasteiger partial charge in [-0.05, 0) is 0 Å². The van der Waals surface area contributed by atoms with Crippen molar-refractivity contribution < 1.29 is 22.5 Å². The monoisotopic (exact) mass is 320 g/mol. The number of rotatable bonds is 6. The third kappa shape index (κ3) is 3.86. The molecule has 0 aliphatic heterocycles. The number of likely N-dealkylation sites (N-methyl/N-ethyl adjacent to an activating group) is 1. The van der Waals surface area contributed by atoms with Crippen LogP contribution in [-0.4, -0.2) is 39.9 Å². The number of non-ortho nitro benzene ring substituents is 1. The first-order chi connectivity index (χ1) is 9.72. The number of amides is 1. The second kappa shape index (κ2) is 6.45. The molecule has 1 aromatic carbocycles. The number of nitrogens with zero attached hydrogens (tertiary/aromatic N) is 1. The summed E-state index contributed by atoms with van der Waals surface area (Å²) in [4.78, 5) is 20.0. The Morgan fingerprint density at radius 3 is 2.48 bits per heavy atom. The highest BCUT2D eigenvalue weighted by Gasteiger charge is 2.26. The molecule has 0 aliphatic rings. The number of hydrogen-bond acceptors (Lipinski definition) is 6. The van der Waals surface area contributed by atoms with Crippen molar-refractivity contribution in [2.24, 2.45) is 0 Å². The van der Waals surface area contributed by atoms with Crippen molar-refractivity contribution in [3.63, 3.8) is 0 Å². The van der Waals surface area contributed by atoms with Gasteiger partial charge < -0.3 is 10.6 Å². The fourth-order valence-electron chi connectivity index (χ4n) is 1.46. The Kier molecular flexibility index (Phi) is 5.16. The van der Waals surface area contributed by atoms with E-state index in [-0.39, 0.29) is 5.69 Å². The molecule has 0 spiro atoms. The maximum Gasteiger partial charge on any atom is 0.274 e.